The maximum Gasteiger partial charge on any atom is 0.303 e. The van der Waals surface area contributed by atoms with Crippen LogP contribution in [0.3, 0.4) is 0 Å². The summed E-state index contributed by atoms with van der Waals surface area (Å²) in [5.41, 5.74) is 0.717. The Hall–Kier alpha value is -0.730. The van der Waals surface area contributed by atoms with Crippen molar-refractivity contribution in [1.82, 2.24) is 0 Å². The molecule has 0 radical (unpaired) electrons. The molecular formula is C10H10Cl2O2. The molecule has 4 heteroatoms. The monoisotopic (exact) mass is 232 g/mol. The lowest BCUT2D eigenvalue weighted by Crippen LogP contribution is -2.05. The van der Waals surface area contributed by atoms with Crippen molar-refractivity contribution in [3.05, 3.63) is 33.8 Å². The number of rotatable bonds is 2. The topological polar surface area (TPSA) is 26.3 Å². The minimum absolute atomic E-state index is 0.339. The van der Waals surface area contributed by atoms with Gasteiger partial charge >= 0.3 is 5.97 Å². The number of ether oxygens (including phenoxy) is 1. The number of benzene rings is 1. The summed E-state index contributed by atoms with van der Waals surface area (Å²) in [6.45, 7) is 3.11. The van der Waals surface area contributed by atoms with Crippen LogP contribution in [0, 0.1) is 0 Å². The average Bonchev–Trinajstić information content (AvgIpc) is 2.08. The van der Waals surface area contributed by atoms with Crippen molar-refractivity contribution in [2.24, 2.45) is 0 Å². The standard InChI is InChI=1S/C10H10Cl2O2/c1-6(14-7(2)13)8-4-3-5-9(11)10(8)12/h3-6H,1-2H3. The van der Waals surface area contributed by atoms with E-state index in [1.807, 2.05) is 0 Å². The van der Waals surface area contributed by atoms with Gasteiger partial charge in [0.1, 0.15) is 6.10 Å². The Balaban J connectivity index is 2.95. The molecule has 0 saturated carbocycles. The molecule has 0 N–H and O–H groups in total. The van der Waals surface area contributed by atoms with E-state index in [1.165, 1.54) is 6.92 Å². The summed E-state index contributed by atoms with van der Waals surface area (Å²) < 4.78 is 4.99. The summed E-state index contributed by atoms with van der Waals surface area (Å²) in [5.74, 6) is -0.339. The van der Waals surface area contributed by atoms with Crippen LogP contribution in [-0.2, 0) is 9.53 Å². The third-order valence-corrected chi connectivity index (χ3v) is 2.60. The van der Waals surface area contributed by atoms with Crippen molar-refractivity contribution >= 4 is 29.2 Å². The van der Waals surface area contributed by atoms with E-state index >= 15 is 0 Å². The van der Waals surface area contributed by atoms with Crippen molar-refractivity contribution in [3.63, 3.8) is 0 Å². The highest BCUT2D eigenvalue weighted by molar-refractivity contribution is 6.42. The van der Waals surface area contributed by atoms with Crippen LogP contribution in [0.5, 0.6) is 0 Å². The molecule has 14 heavy (non-hydrogen) atoms. The van der Waals surface area contributed by atoms with Gasteiger partial charge in [0.25, 0.3) is 0 Å². The lowest BCUT2D eigenvalue weighted by Gasteiger charge is -2.14. The summed E-state index contributed by atoms with van der Waals surface area (Å²) in [5, 5.41) is 0.895. The predicted octanol–water partition coefficient (Wildman–Crippen LogP) is 3.62. The Morgan fingerprint density at radius 3 is 2.64 bits per heavy atom. The van der Waals surface area contributed by atoms with Gasteiger partial charge in [-0.15, -0.1) is 0 Å². The second kappa shape index (κ2) is 4.67. The minimum Gasteiger partial charge on any atom is -0.458 e. The number of esters is 1. The summed E-state index contributed by atoms with van der Waals surface area (Å²) in [7, 11) is 0. The van der Waals surface area contributed by atoms with E-state index in [1.54, 1.807) is 25.1 Å². The Morgan fingerprint density at radius 1 is 1.43 bits per heavy atom. The number of halogens is 2. The van der Waals surface area contributed by atoms with Crippen LogP contribution in [0.4, 0.5) is 0 Å². The van der Waals surface area contributed by atoms with Gasteiger partial charge in [-0.25, -0.2) is 0 Å². The molecule has 0 heterocycles. The highest BCUT2D eigenvalue weighted by atomic mass is 35.5. The summed E-state index contributed by atoms with van der Waals surface area (Å²) in [4.78, 5) is 10.7. The van der Waals surface area contributed by atoms with E-state index in [2.05, 4.69) is 0 Å². The third kappa shape index (κ3) is 2.63. The van der Waals surface area contributed by atoms with E-state index in [9.17, 15) is 4.79 Å². The number of carbonyl (C=O) groups is 1. The van der Waals surface area contributed by atoms with E-state index < -0.39 is 0 Å². The van der Waals surface area contributed by atoms with Gasteiger partial charge in [0.05, 0.1) is 10.0 Å². The Kier molecular flexibility index (Phi) is 3.78. The smallest absolute Gasteiger partial charge is 0.303 e. The molecule has 0 aromatic heterocycles. The molecule has 0 spiro atoms. The first-order valence-electron chi connectivity index (χ1n) is 4.13. The third-order valence-electron chi connectivity index (χ3n) is 1.76. The number of hydrogen-bond donors (Lipinski definition) is 0. The molecular weight excluding hydrogens is 223 g/mol. The molecule has 1 aromatic carbocycles. The quantitative estimate of drug-likeness (QED) is 0.729. The maximum absolute atomic E-state index is 10.7. The van der Waals surface area contributed by atoms with Gasteiger partial charge < -0.3 is 4.74 Å². The number of carbonyl (C=O) groups excluding carboxylic acids is 1. The molecule has 0 amide bonds. The summed E-state index contributed by atoms with van der Waals surface area (Å²) in [6.07, 6.45) is -0.376. The molecule has 0 aliphatic heterocycles. The van der Waals surface area contributed by atoms with Crippen molar-refractivity contribution in [2.45, 2.75) is 20.0 Å². The normalized spacial score (nSPS) is 12.3. The molecule has 1 rings (SSSR count). The van der Waals surface area contributed by atoms with E-state index in [-0.39, 0.29) is 12.1 Å². The molecule has 1 atom stereocenters. The van der Waals surface area contributed by atoms with Crippen LogP contribution in [0.2, 0.25) is 10.0 Å². The maximum atomic E-state index is 10.7. The van der Waals surface area contributed by atoms with E-state index in [0.29, 0.717) is 10.0 Å². The molecule has 76 valence electrons. The van der Waals surface area contributed by atoms with Gasteiger partial charge in [-0.05, 0) is 13.0 Å². The second-order valence-corrected chi connectivity index (χ2v) is 3.68. The predicted molar refractivity (Wildman–Crippen MR) is 56.6 cm³/mol. The highest BCUT2D eigenvalue weighted by Gasteiger charge is 2.13. The van der Waals surface area contributed by atoms with E-state index in [4.69, 9.17) is 27.9 Å². The fourth-order valence-corrected chi connectivity index (χ4v) is 1.61. The zero-order chi connectivity index (χ0) is 10.7. The zero-order valence-corrected chi connectivity index (χ0v) is 9.39. The second-order valence-electron chi connectivity index (χ2n) is 2.89. The van der Waals surface area contributed by atoms with Crippen molar-refractivity contribution in [1.29, 1.82) is 0 Å². The van der Waals surface area contributed by atoms with Crippen LogP contribution >= 0.6 is 23.2 Å². The Morgan fingerprint density at radius 2 is 2.07 bits per heavy atom. The van der Waals surface area contributed by atoms with Gasteiger partial charge in [-0.1, -0.05) is 35.3 Å². The van der Waals surface area contributed by atoms with Gasteiger partial charge in [-0.3, -0.25) is 4.79 Å². The molecule has 0 saturated heterocycles. The first-order valence-corrected chi connectivity index (χ1v) is 4.89. The molecule has 0 bridgehead atoms. The van der Waals surface area contributed by atoms with Gasteiger partial charge in [0, 0.05) is 12.5 Å². The Labute approximate surface area is 92.8 Å². The Bertz CT molecular complexity index is 350. The van der Waals surface area contributed by atoms with Crippen LogP contribution < -0.4 is 0 Å². The minimum atomic E-state index is -0.376. The highest BCUT2D eigenvalue weighted by Crippen LogP contribution is 2.31. The molecule has 0 fully saturated rings. The van der Waals surface area contributed by atoms with Crippen LogP contribution in [0.15, 0.2) is 18.2 Å². The fraction of sp³-hybridized carbons (Fsp3) is 0.300. The zero-order valence-electron chi connectivity index (χ0n) is 7.88. The lowest BCUT2D eigenvalue weighted by atomic mass is 10.1. The summed E-state index contributed by atoms with van der Waals surface area (Å²) >= 11 is 11.8. The van der Waals surface area contributed by atoms with Crippen LogP contribution in [0.25, 0.3) is 0 Å². The van der Waals surface area contributed by atoms with Crippen molar-refractivity contribution < 1.29 is 9.53 Å². The lowest BCUT2D eigenvalue weighted by molar-refractivity contribution is -0.145. The molecule has 1 unspecified atom stereocenters. The number of hydrogen-bond acceptors (Lipinski definition) is 2. The first kappa shape index (κ1) is 11.3. The molecule has 1 aromatic rings. The van der Waals surface area contributed by atoms with Crippen molar-refractivity contribution in [2.75, 3.05) is 0 Å². The molecule has 0 aliphatic rings. The first-order chi connectivity index (χ1) is 6.52. The van der Waals surface area contributed by atoms with Crippen LogP contribution in [0.1, 0.15) is 25.5 Å². The van der Waals surface area contributed by atoms with Gasteiger partial charge in [0.2, 0.25) is 0 Å². The SMILES string of the molecule is CC(=O)OC(C)c1cccc(Cl)c1Cl. The molecule has 2 nitrogen and oxygen atoms in total. The molecule has 0 aliphatic carbocycles. The van der Waals surface area contributed by atoms with Crippen molar-refractivity contribution in [3.8, 4) is 0 Å². The van der Waals surface area contributed by atoms with Crippen LogP contribution in [-0.4, -0.2) is 5.97 Å². The van der Waals surface area contributed by atoms with Gasteiger partial charge in [0.15, 0.2) is 0 Å². The fourth-order valence-electron chi connectivity index (χ4n) is 1.15. The summed E-state index contributed by atoms with van der Waals surface area (Å²) in [6, 6.07) is 5.24. The largest absolute Gasteiger partial charge is 0.458 e. The van der Waals surface area contributed by atoms with E-state index in [0.717, 1.165) is 5.56 Å². The van der Waals surface area contributed by atoms with Gasteiger partial charge in [-0.2, -0.15) is 0 Å². The average molecular weight is 233 g/mol.